The first kappa shape index (κ1) is 17.0. The molecule has 0 aliphatic heterocycles. The van der Waals surface area contributed by atoms with Gasteiger partial charge in [0.1, 0.15) is 0 Å². The van der Waals surface area contributed by atoms with Crippen LogP contribution in [0.25, 0.3) is 0 Å². The van der Waals surface area contributed by atoms with Crippen LogP contribution in [0, 0.1) is 5.92 Å². The van der Waals surface area contributed by atoms with Crippen molar-refractivity contribution in [2.45, 2.75) is 58.0 Å². The fraction of sp³-hybridized carbons (Fsp3) is 0.524. The van der Waals surface area contributed by atoms with Crippen molar-refractivity contribution < 1.29 is 4.74 Å². The average Bonchev–Trinajstić information content (AvgIpc) is 2.56. The van der Waals surface area contributed by atoms with E-state index in [0.717, 1.165) is 37.9 Å². The minimum atomic E-state index is 0.728. The Bertz CT molecular complexity index is 449. The summed E-state index contributed by atoms with van der Waals surface area (Å²) in [5.74, 6) is 1.56. The molecule has 1 aliphatic carbocycles. The molecule has 22 heavy (non-hydrogen) atoms. The van der Waals surface area contributed by atoms with E-state index < -0.39 is 0 Å². The van der Waals surface area contributed by atoms with Gasteiger partial charge in [0.2, 0.25) is 0 Å². The van der Waals surface area contributed by atoms with Crippen LogP contribution in [0.3, 0.4) is 0 Å². The van der Waals surface area contributed by atoms with Crippen LogP contribution in [-0.2, 0) is 11.3 Å². The SMILES string of the molecule is C=CCCCOCc1ccc(C2CCC(C=CC)CC2)cc1. The topological polar surface area (TPSA) is 9.23 Å². The Morgan fingerprint density at radius 1 is 1.14 bits per heavy atom. The molecule has 0 spiro atoms. The molecular formula is C21H30O. The number of hydrogen-bond acceptors (Lipinski definition) is 1. The molecule has 1 aromatic rings. The van der Waals surface area contributed by atoms with Gasteiger partial charge in [-0.25, -0.2) is 0 Å². The molecule has 1 aliphatic rings. The highest BCUT2D eigenvalue weighted by molar-refractivity contribution is 5.25. The minimum absolute atomic E-state index is 0.728. The van der Waals surface area contributed by atoms with E-state index in [4.69, 9.17) is 4.74 Å². The summed E-state index contributed by atoms with van der Waals surface area (Å²) in [6, 6.07) is 9.09. The quantitative estimate of drug-likeness (QED) is 0.421. The maximum atomic E-state index is 5.69. The summed E-state index contributed by atoms with van der Waals surface area (Å²) in [5.41, 5.74) is 2.79. The van der Waals surface area contributed by atoms with Crippen molar-refractivity contribution in [3.8, 4) is 0 Å². The highest BCUT2D eigenvalue weighted by atomic mass is 16.5. The van der Waals surface area contributed by atoms with Gasteiger partial charge in [-0.15, -0.1) is 6.58 Å². The number of benzene rings is 1. The van der Waals surface area contributed by atoms with Crippen molar-refractivity contribution in [1.82, 2.24) is 0 Å². The van der Waals surface area contributed by atoms with Gasteiger partial charge < -0.3 is 4.74 Å². The predicted molar refractivity (Wildman–Crippen MR) is 95.0 cm³/mol. The molecule has 0 bridgehead atoms. The van der Waals surface area contributed by atoms with Crippen LogP contribution < -0.4 is 0 Å². The van der Waals surface area contributed by atoms with Crippen molar-refractivity contribution in [1.29, 1.82) is 0 Å². The molecule has 0 heterocycles. The monoisotopic (exact) mass is 298 g/mol. The molecule has 1 saturated carbocycles. The fourth-order valence-corrected chi connectivity index (χ4v) is 3.32. The molecule has 1 fully saturated rings. The number of rotatable bonds is 8. The van der Waals surface area contributed by atoms with E-state index in [2.05, 4.69) is 49.9 Å². The van der Waals surface area contributed by atoms with Gasteiger partial charge in [0.05, 0.1) is 6.61 Å². The van der Waals surface area contributed by atoms with Gasteiger partial charge in [-0.3, -0.25) is 0 Å². The number of unbranched alkanes of at least 4 members (excludes halogenated alkanes) is 1. The van der Waals surface area contributed by atoms with Gasteiger partial charge >= 0.3 is 0 Å². The van der Waals surface area contributed by atoms with Crippen molar-refractivity contribution in [3.63, 3.8) is 0 Å². The summed E-state index contributed by atoms with van der Waals surface area (Å²) in [4.78, 5) is 0. The van der Waals surface area contributed by atoms with Crippen molar-refractivity contribution in [2.24, 2.45) is 5.92 Å². The molecule has 120 valence electrons. The van der Waals surface area contributed by atoms with Crippen molar-refractivity contribution >= 4 is 0 Å². The molecule has 1 aromatic carbocycles. The smallest absolute Gasteiger partial charge is 0.0716 e. The molecule has 0 atom stereocenters. The number of ether oxygens (including phenoxy) is 1. The summed E-state index contributed by atoms with van der Waals surface area (Å²) in [6.07, 6.45) is 14.0. The zero-order valence-corrected chi connectivity index (χ0v) is 14.0. The number of allylic oxidation sites excluding steroid dienone is 3. The first-order valence-corrected chi connectivity index (χ1v) is 8.73. The van der Waals surface area contributed by atoms with E-state index in [9.17, 15) is 0 Å². The van der Waals surface area contributed by atoms with Gasteiger partial charge in [-0.1, -0.05) is 42.5 Å². The second kappa shape index (κ2) is 9.63. The molecule has 1 nitrogen and oxygen atoms in total. The molecule has 1 heteroatoms. The second-order valence-corrected chi connectivity index (χ2v) is 6.36. The minimum Gasteiger partial charge on any atom is -0.377 e. The molecule has 0 radical (unpaired) electrons. The fourth-order valence-electron chi connectivity index (χ4n) is 3.32. The lowest BCUT2D eigenvalue weighted by molar-refractivity contribution is 0.119. The maximum Gasteiger partial charge on any atom is 0.0716 e. The van der Waals surface area contributed by atoms with Crippen LogP contribution in [-0.4, -0.2) is 6.61 Å². The number of hydrogen-bond donors (Lipinski definition) is 0. The van der Waals surface area contributed by atoms with Crippen LogP contribution in [0.2, 0.25) is 0 Å². The summed E-state index contributed by atoms with van der Waals surface area (Å²) in [7, 11) is 0. The van der Waals surface area contributed by atoms with Gasteiger partial charge in [0, 0.05) is 6.61 Å². The van der Waals surface area contributed by atoms with E-state index in [1.807, 2.05) is 6.08 Å². The standard InChI is InChI=1S/C21H30O/c1-3-5-6-16-22-17-19-10-14-21(15-11-19)20-12-8-18(7-4-2)9-13-20/h3-4,7,10-11,14-15,18,20H,1,5-6,8-9,12-13,16-17H2,2H3. The summed E-state index contributed by atoms with van der Waals surface area (Å²) < 4.78 is 5.69. The zero-order chi connectivity index (χ0) is 15.6. The van der Waals surface area contributed by atoms with Gasteiger partial charge in [-0.2, -0.15) is 0 Å². The Labute approximate surface area is 136 Å². The Morgan fingerprint density at radius 2 is 1.86 bits per heavy atom. The highest BCUT2D eigenvalue weighted by Gasteiger charge is 2.20. The van der Waals surface area contributed by atoms with Gasteiger partial charge in [0.25, 0.3) is 0 Å². The van der Waals surface area contributed by atoms with E-state index in [1.165, 1.54) is 36.8 Å². The summed E-state index contributed by atoms with van der Waals surface area (Å²) >= 11 is 0. The van der Waals surface area contributed by atoms with Gasteiger partial charge in [0.15, 0.2) is 0 Å². The first-order valence-electron chi connectivity index (χ1n) is 8.73. The van der Waals surface area contributed by atoms with Crippen LogP contribution >= 0.6 is 0 Å². The Kier molecular flexibility index (Phi) is 7.45. The van der Waals surface area contributed by atoms with Gasteiger partial charge in [-0.05, 0) is 68.4 Å². The molecule has 0 saturated heterocycles. The second-order valence-electron chi connectivity index (χ2n) is 6.36. The Morgan fingerprint density at radius 3 is 2.50 bits per heavy atom. The summed E-state index contributed by atoms with van der Waals surface area (Å²) in [5, 5.41) is 0. The predicted octanol–water partition coefficient (Wildman–Crippen LogP) is 6.02. The third-order valence-electron chi connectivity index (χ3n) is 4.65. The largest absolute Gasteiger partial charge is 0.377 e. The van der Waals surface area contributed by atoms with E-state index in [0.29, 0.717) is 0 Å². The molecule has 2 rings (SSSR count). The highest BCUT2D eigenvalue weighted by Crippen LogP contribution is 2.36. The Hall–Kier alpha value is -1.34. The lowest BCUT2D eigenvalue weighted by atomic mass is 9.78. The van der Waals surface area contributed by atoms with Crippen molar-refractivity contribution in [3.05, 3.63) is 60.2 Å². The van der Waals surface area contributed by atoms with Crippen molar-refractivity contribution in [2.75, 3.05) is 6.61 Å². The zero-order valence-electron chi connectivity index (χ0n) is 14.0. The van der Waals surface area contributed by atoms with Crippen LogP contribution in [0.15, 0.2) is 49.1 Å². The van der Waals surface area contributed by atoms with E-state index in [1.54, 1.807) is 0 Å². The third-order valence-corrected chi connectivity index (χ3v) is 4.65. The Balaban J connectivity index is 1.76. The van der Waals surface area contributed by atoms with Crippen LogP contribution in [0.1, 0.15) is 62.5 Å². The molecule has 0 aromatic heterocycles. The molecule has 0 amide bonds. The third kappa shape index (κ3) is 5.46. The first-order chi connectivity index (χ1) is 10.8. The molecule has 0 unspecified atom stereocenters. The molecular weight excluding hydrogens is 268 g/mol. The van der Waals surface area contributed by atoms with Crippen LogP contribution in [0.4, 0.5) is 0 Å². The lowest BCUT2D eigenvalue weighted by Gasteiger charge is -2.27. The summed E-state index contributed by atoms with van der Waals surface area (Å²) in [6.45, 7) is 7.41. The van der Waals surface area contributed by atoms with E-state index >= 15 is 0 Å². The maximum absolute atomic E-state index is 5.69. The van der Waals surface area contributed by atoms with Crippen LogP contribution in [0.5, 0.6) is 0 Å². The van der Waals surface area contributed by atoms with E-state index in [-0.39, 0.29) is 0 Å². The molecule has 0 N–H and O–H groups in total. The normalized spacial score (nSPS) is 22.0. The average molecular weight is 298 g/mol. The lowest BCUT2D eigenvalue weighted by Crippen LogP contribution is -2.11.